The fourth-order valence-electron chi connectivity index (χ4n) is 3.84. The van der Waals surface area contributed by atoms with Crippen molar-refractivity contribution in [2.45, 2.75) is 97.7 Å². The summed E-state index contributed by atoms with van der Waals surface area (Å²) in [7, 11) is 0. The van der Waals surface area contributed by atoms with Gasteiger partial charge in [0.2, 0.25) is 0 Å². The summed E-state index contributed by atoms with van der Waals surface area (Å²) in [6.07, 6.45) is 9.26. The molecular formula is C23H42N2O2S. The summed E-state index contributed by atoms with van der Waals surface area (Å²) in [5.41, 5.74) is 5.82. The fraction of sp³-hybridized carbons (Fsp3) is 0.826. The molecule has 1 rings (SSSR count). The summed E-state index contributed by atoms with van der Waals surface area (Å²) in [6.45, 7) is 12.2. The molecule has 28 heavy (non-hydrogen) atoms. The van der Waals surface area contributed by atoms with Crippen molar-refractivity contribution < 1.29 is 9.63 Å². The van der Waals surface area contributed by atoms with E-state index >= 15 is 0 Å². The second kappa shape index (κ2) is 15.1. The van der Waals surface area contributed by atoms with Crippen molar-refractivity contribution in [3.63, 3.8) is 0 Å². The first-order valence-corrected chi connectivity index (χ1v) is 12.4. The van der Waals surface area contributed by atoms with Gasteiger partial charge in [-0.25, -0.2) is 0 Å². The molecule has 1 N–H and O–H groups in total. The number of unbranched alkanes of at least 4 members (excludes halogenated alkanes) is 3. The number of nitrogens with zero attached hydrogens (tertiary/aromatic N) is 1. The van der Waals surface area contributed by atoms with Crippen LogP contribution in [-0.4, -0.2) is 35.6 Å². The Balaban J connectivity index is 3.02. The van der Waals surface area contributed by atoms with Crippen LogP contribution in [0.5, 0.6) is 0 Å². The van der Waals surface area contributed by atoms with Gasteiger partial charge in [-0.05, 0) is 44.3 Å². The molecule has 0 aliphatic heterocycles. The number of rotatable bonds is 14. The van der Waals surface area contributed by atoms with Crippen LogP contribution < -0.4 is 5.48 Å². The van der Waals surface area contributed by atoms with Gasteiger partial charge < -0.3 is 0 Å². The largest absolute Gasteiger partial charge is 0.294 e. The Bertz CT molecular complexity index is 517. The number of nitrogens with one attached hydrogen (secondary N) is 1. The van der Waals surface area contributed by atoms with Crippen LogP contribution in [0.4, 0.5) is 0 Å². The Kier molecular flexibility index (Phi) is 13.6. The molecule has 1 aliphatic rings. The summed E-state index contributed by atoms with van der Waals surface area (Å²) >= 11 is 1.99. The van der Waals surface area contributed by atoms with E-state index in [1.54, 1.807) is 0 Å². The van der Waals surface area contributed by atoms with E-state index in [0.29, 0.717) is 24.2 Å². The van der Waals surface area contributed by atoms with Gasteiger partial charge in [-0.1, -0.05) is 53.4 Å². The fourth-order valence-corrected chi connectivity index (χ4v) is 4.81. The van der Waals surface area contributed by atoms with E-state index in [4.69, 9.17) is 9.83 Å². The van der Waals surface area contributed by atoms with Crippen molar-refractivity contribution in [1.29, 1.82) is 0 Å². The maximum atomic E-state index is 13.1. The van der Waals surface area contributed by atoms with E-state index in [-0.39, 0.29) is 5.78 Å². The molecule has 0 unspecified atom stereocenters. The van der Waals surface area contributed by atoms with Gasteiger partial charge in [0.15, 0.2) is 5.78 Å². The smallest absolute Gasteiger partial charge is 0.166 e. The van der Waals surface area contributed by atoms with Gasteiger partial charge >= 0.3 is 0 Å². The first-order valence-electron chi connectivity index (χ1n) is 11.4. The van der Waals surface area contributed by atoms with Crippen molar-refractivity contribution in [3.05, 3.63) is 11.3 Å². The predicted molar refractivity (Wildman–Crippen MR) is 123 cm³/mol. The van der Waals surface area contributed by atoms with Gasteiger partial charge in [-0.2, -0.15) is 11.8 Å². The predicted octanol–water partition coefficient (Wildman–Crippen LogP) is 6.11. The molecule has 2 atom stereocenters. The maximum Gasteiger partial charge on any atom is 0.166 e. The minimum absolute atomic E-state index is 0.243. The molecule has 162 valence electrons. The van der Waals surface area contributed by atoms with Crippen LogP contribution in [0.15, 0.2) is 16.3 Å². The highest BCUT2D eigenvalue weighted by molar-refractivity contribution is 7.99. The Morgan fingerprint density at radius 2 is 1.96 bits per heavy atom. The first-order chi connectivity index (χ1) is 13.6. The van der Waals surface area contributed by atoms with Gasteiger partial charge in [-0.3, -0.25) is 20.1 Å². The minimum Gasteiger partial charge on any atom is -0.294 e. The summed E-state index contributed by atoms with van der Waals surface area (Å²) in [4.78, 5) is 23.5. The molecule has 4 nitrogen and oxygen atoms in total. The number of allylic oxidation sites excluding steroid dienone is 2. The van der Waals surface area contributed by atoms with Crippen molar-refractivity contribution in [1.82, 2.24) is 5.48 Å². The molecule has 0 bridgehead atoms. The summed E-state index contributed by atoms with van der Waals surface area (Å²) in [5.74, 6) is 1.78. The summed E-state index contributed by atoms with van der Waals surface area (Å²) in [5, 5.41) is 0.593. The van der Waals surface area contributed by atoms with Crippen molar-refractivity contribution in [2.75, 3.05) is 18.9 Å². The molecule has 0 radical (unpaired) electrons. The summed E-state index contributed by atoms with van der Waals surface area (Å²) in [6, 6.07) is 0. The topological polar surface area (TPSA) is 50.7 Å². The average Bonchev–Trinajstić information content (AvgIpc) is 2.65. The van der Waals surface area contributed by atoms with E-state index in [1.165, 1.54) is 19.3 Å². The molecular weight excluding hydrogens is 368 g/mol. The van der Waals surface area contributed by atoms with Gasteiger partial charge in [0, 0.05) is 23.9 Å². The average molecular weight is 411 g/mol. The number of hydrogen-bond acceptors (Lipinski definition) is 5. The number of Topliss-reactive ketones (excluding diaryl/α,β-unsaturated/α-hetero) is 1. The van der Waals surface area contributed by atoms with Crippen molar-refractivity contribution in [3.8, 4) is 0 Å². The Labute approximate surface area is 177 Å². The molecule has 0 spiro atoms. The molecule has 1 saturated carbocycles. The zero-order chi connectivity index (χ0) is 20.8. The Morgan fingerprint density at radius 1 is 1.18 bits per heavy atom. The number of carbonyl (C=O) groups excluding carboxylic acids is 1. The second-order valence-electron chi connectivity index (χ2n) is 7.73. The lowest BCUT2D eigenvalue weighted by atomic mass is 9.79. The van der Waals surface area contributed by atoms with Gasteiger partial charge in [0.05, 0.1) is 17.9 Å². The highest BCUT2D eigenvalue weighted by Gasteiger charge is 2.32. The van der Waals surface area contributed by atoms with Crippen molar-refractivity contribution in [2.24, 2.45) is 10.9 Å². The maximum absolute atomic E-state index is 13.1. The van der Waals surface area contributed by atoms with E-state index in [1.807, 2.05) is 18.7 Å². The van der Waals surface area contributed by atoms with Crippen LogP contribution in [0.1, 0.15) is 92.4 Å². The van der Waals surface area contributed by atoms with Crippen LogP contribution >= 0.6 is 11.8 Å². The summed E-state index contributed by atoms with van der Waals surface area (Å²) < 4.78 is 0. The normalized spacial score (nSPS) is 21.8. The number of hydroxylamine groups is 1. The monoisotopic (exact) mass is 410 g/mol. The highest BCUT2D eigenvalue weighted by atomic mass is 32.2. The number of ketones is 1. The Morgan fingerprint density at radius 3 is 2.61 bits per heavy atom. The van der Waals surface area contributed by atoms with E-state index < -0.39 is 0 Å². The lowest BCUT2D eigenvalue weighted by molar-refractivity contribution is -0.116. The van der Waals surface area contributed by atoms with Crippen LogP contribution in [0.3, 0.4) is 0 Å². The van der Waals surface area contributed by atoms with Crippen LogP contribution in [0.2, 0.25) is 0 Å². The molecule has 0 aromatic heterocycles. The standard InChI is InChI=1S/C23H42N2O2S/c1-6-10-11-12-14-24-21-16-19(15-18(5)28-9-4)17-22(26)23(21)20(13-7-2)25-27-8-3/h18-19,25H,6-17H2,1-5H3/t18-,19-/m1/s1. The number of aliphatic imine (C=N–C) groups is 1. The van der Waals surface area contributed by atoms with Gasteiger partial charge in [0.1, 0.15) is 0 Å². The third-order valence-corrected chi connectivity index (χ3v) is 6.19. The molecule has 0 amide bonds. The molecule has 0 aromatic rings. The third kappa shape index (κ3) is 9.13. The van der Waals surface area contributed by atoms with Gasteiger partial charge in [0.25, 0.3) is 0 Å². The molecule has 5 heteroatoms. The quantitative estimate of drug-likeness (QED) is 0.213. The molecule has 1 fully saturated rings. The van der Waals surface area contributed by atoms with Crippen LogP contribution in [0, 0.1) is 5.92 Å². The van der Waals surface area contributed by atoms with E-state index in [9.17, 15) is 4.79 Å². The second-order valence-corrected chi connectivity index (χ2v) is 9.44. The third-order valence-electron chi connectivity index (χ3n) is 5.10. The Hall–Kier alpha value is -0.810. The SMILES string of the molecule is CCCCCCN=C1C[C@@H](C[C@@H](C)SCC)CC(=O)C1=C(CCC)NOCC. The number of hydrogen-bond donors (Lipinski definition) is 1. The number of thioether (sulfide) groups is 1. The van der Waals surface area contributed by atoms with Crippen LogP contribution in [0.25, 0.3) is 0 Å². The zero-order valence-electron chi connectivity index (χ0n) is 18.8. The van der Waals surface area contributed by atoms with Crippen LogP contribution in [-0.2, 0) is 9.63 Å². The minimum atomic E-state index is 0.243. The van der Waals surface area contributed by atoms with Crippen molar-refractivity contribution >= 4 is 23.3 Å². The molecule has 0 heterocycles. The number of carbonyl (C=O) groups is 1. The lowest BCUT2D eigenvalue weighted by Crippen LogP contribution is -2.32. The highest BCUT2D eigenvalue weighted by Crippen LogP contribution is 2.32. The van der Waals surface area contributed by atoms with Gasteiger partial charge in [-0.15, -0.1) is 0 Å². The first kappa shape index (κ1) is 25.2. The molecule has 1 aliphatic carbocycles. The lowest BCUT2D eigenvalue weighted by Gasteiger charge is -2.28. The zero-order valence-corrected chi connectivity index (χ0v) is 19.6. The molecule has 0 aromatic carbocycles. The molecule has 0 saturated heterocycles. The van der Waals surface area contributed by atoms with E-state index in [0.717, 1.165) is 61.4 Å². The van der Waals surface area contributed by atoms with E-state index in [2.05, 4.69) is 33.2 Å².